The third-order valence-electron chi connectivity index (χ3n) is 5.81. The third kappa shape index (κ3) is 4.05. The number of phenolic OH excluding ortho intramolecular Hbond substituents is 1. The molecule has 2 aromatic carbocycles. The standard InChI is InChI=1S/C25H25FN4O3/c1-16-7-8-30-22(13-16)28-23(17-14-20(26)24(31)21(15-17)32-2)25(30)27-18-3-5-19(6-4-18)29-9-11-33-12-10-29/h3-8,13-15,27,31H,9-12H2,1-2H3. The van der Waals surface area contributed by atoms with Crippen molar-refractivity contribution in [1.82, 2.24) is 9.38 Å². The number of hydrogen-bond donors (Lipinski definition) is 2. The van der Waals surface area contributed by atoms with Gasteiger partial charge in [-0.05, 0) is 61.0 Å². The van der Waals surface area contributed by atoms with Crippen molar-refractivity contribution in [3.05, 3.63) is 66.1 Å². The van der Waals surface area contributed by atoms with Crippen molar-refractivity contribution in [2.75, 3.05) is 43.6 Å². The number of ether oxygens (including phenoxy) is 2. The predicted octanol–water partition coefficient (Wildman–Crippen LogP) is 4.74. The minimum atomic E-state index is -0.765. The zero-order valence-electron chi connectivity index (χ0n) is 18.5. The van der Waals surface area contributed by atoms with Crippen molar-refractivity contribution in [3.63, 3.8) is 0 Å². The summed E-state index contributed by atoms with van der Waals surface area (Å²) in [5.74, 6) is -0.539. The van der Waals surface area contributed by atoms with Gasteiger partial charge in [0.2, 0.25) is 0 Å². The van der Waals surface area contributed by atoms with Gasteiger partial charge in [0.1, 0.15) is 17.2 Å². The Bertz CT molecular complexity index is 1300. The molecule has 170 valence electrons. The molecule has 0 bridgehead atoms. The highest BCUT2D eigenvalue weighted by Crippen LogP contribution is 2.38. The SMILES string of the molecule is COc1cc(-c2nc3cc(C)ccn3c2Nc2ccc(N3CCOCC3)cc2)cc(F)c1O. The number of aryl methyl sites for hydroxylation is 1. The van der Waals surface area contributed by atoms with Crippen molar-refractivity contribution in [2.24, 2.45) is 0 Å². The summed E-state index contributed by atoms with van der Waals surface area (Å²) in [6, 6.07) is 15.0. The Morgan fingerprint density at radius 1 is 1.09 bits per heavy atom. The van der Waals surface area contributed by atoms with E-state index in [-0.39, 0.29) is 5.75 Å². The lowest BCUT2D eigenvalue weighted by Crippen LogP contribution is -2.36. The van der Waals surface area contributed by atoms with Crippen molar-refractivity contribution in [1.29, 1.82) is 0 Å². The van der Waals surface area contributed by atoms with Crippen LogP contribution >= 0.6 is 0 Å². The summed E-state index contributed by atoms with van der Waals surface area (Å²) in [5.41, 5.74) is 4.86. The van der Waals surface area contributed by atoms with E-state index in [1.807, 2.05) is 41.8 Å². The molecular formula is C25H25FN4O3. The predicted molar refractivity (Wildman–Crippen MR) is 126 cm³/mol. The van der Waals surface area contributed by atoms with Crippen LogP contribution in [0.4, 0.5) is 21.6 Å². The first-order valence-electron chi connectivity index (χ1n) is 10.8. The fraction of sp³-hybridized carbons (Fsp3) is 0.240. The number of rotatable bonds is 5. The van der Waals surface area contributed by atoms with E-state index in [2.05, 4.69) is 22.3 Å². The summed E-state index contributed by atoms with van der Waals surface area (Å²) in [6.07, 6.45) is 1.93. The number of aromatic hydroxyl groups is 1. The number of halogens is 1. The molecule has 0 atom stereocenters. The lowest BCUT2D eigenvalue weighted by atomic mass is 10.1. The molecule has 8 heteroatoms. The van der Waals surface area contributed by atoms with Crippen LogP contribution in [0.2, 0.25) is 0 Å². The van der Waals surface area contributed by atoms with Crippen LogP contribution < -0.4 is 15.0 Å². The Hall–Kier alpha value is -3.78. The number of nitrogens with one attached hydrogen (secondary N) is 1. The number of pyridine rings is 1. The van der Waals surface area contributed by atoms with Crippen LogP contribution in [0.1, 0.15) is 5.56 Å². The highest BCUT2D eigenvalue weighted by molar-refractivity contribution is 5.81. The van der Waals surface area contributed by atoms with Gasteiger partial charge in [-0.15, -0.1) is 0 Å². The van der Waals surface area contributed by atoms with Gasteiger partial charge in [0.15, 0.2) is 17.3 Å². The second-order valence-corrected chi connectivity index (χ2v) is 8.02. The van der Waals surface area contributed by atoms with Crippen LogP contribution in [0.25, 0.3) is 16.9 Å². The maximum atomic E-state index is 14.4. The minimum absolute atomic E-state index is 0.0547. The monoisotopic (exact) mass is 448 g/mol. The summed E-state index contributed by atoms with van der Waals surface area (Å²) in [7, 11) is 1.39. The molecular weight excluding hydrogens is 423 g/mol. The number of anilines is 3. The number of methoxy groups -OCH3 is 1. The molecule has 2 N–H and O–H groups in total. The average molecular weight is 448 g/mol. The fourth-order valence-electron chi connectivity index (χ4n) is 4.05. The molecule has 0 saturated carbocycles. The summed E-state index contributed by atoms with van der Waals surface area (Å²) in [6.45, 7) is 5.21. The molecule has 5 rings (SSSR count). The fourth-order valence-corrected chi connectivity index (χ4v) is 4.05. The number of nitrogens with zero attached hydrogens (tertiary/aromatic N) is 3. The molecule has 0 spiro atoms. The van der Waals surface area contributed by atoms with Crippen molar-refractivity contribution < 1.29 is 19.0 Å². The summed E-state index contributed by atoms with van der Waals surface area (Å²) >= 11 is 0. The Morgan fingerprint density at radius 3 is 2.58 bits per heavy atom. The maximum Gasteiger partial charge on any atom is 0.194 e. The van der Waals surface area contributed by atoms with Crippen LogP contribution in [0, 0.1) is 12.7 Å². The molecule has 33 heavy (non-hydrogen) atoms. The van der Waals surface area contributed by atoms with E-state index in [0.717, 1.165) is 48.9 Å². The highest BCUT2D eigenvalue weighted by atomic mass is 19.1. The molecule has 7 nitrogen and oxygen atoms in total. The summed E-state index contributed by atoms with van der Waals surface area (Å²) in [4.78, 5) is 7.04. The van der Waals surface area contributed by atoms with Gasteiger partial charge in [-0.2, -0.15) is 0 Å². The van der Waals surface area contributed by atoms with Crippen LogP contribution in [0.5, 0.6) is 11.5 Å². The first-order valence-corrected chi connectivity index (χ1v) is 10.8. The Balaban J connectivity index is 1.55. The van der Waals surface area contributed by atoms with E-state index in [4.69, 9.17) is 14.5 Å². The summed E-state index contributed by atoms with van der Waals surface area (Å²) < 4.78 is 26.9. The number of hydrogen-bond acceptors (Lipinski definition) is 6. The molecule has 3 heterocycles. The van der Waals surface area contributed by atoms with E-state index in [9.17, 15) is 9.50 Å². The third-order valence-corrected chi connectivity index (χ3v) is 5.81. The van der Waals surface area contributed by atoms with Crippen LogP contribution in [-0.2, 0) is 4.74 Å². The first-order chi connectivity index (χ1) is 16.0. The van der Waals surface area contributed by atoms with Crippen molar-refractivity contribution in [2.45, 2.75) is 6.92 Å². The molecule has 0 aliphatic carbocycles. The van der Waals surface area contributed by atoms with Crippen LogP contribution in [0.15, 0.2) is 54.7 Å². The van der Waals surface area contributed by atoms with E-state index in [1.54, 1.807) is 6.07 Å². The van der Waals surface area contributed by atoms with Gasteiger partial charge >= 0.3 is 0 Å². The van der Waals surface area contributed by atoms with Gasteiger partial charge in [-0.25, -0.2) is 9.37 Å². The zero-order valence-corrected chi connectivity index (χ0v) is 18.5. The molecule has 1 saturated heterocycles. The van der Waals surface area contributed by atoms with Crippen molar-refractivity contribution >= 4 is 22.8 Å². The number of imidazole rings is 1. The number of fused-ring (bicyclic) bond motifs is 1. The summed E-state index contributed by atoms with van der Waals surface area (Å²) in [5, 5.41) is 13.4. The highest BCUT2D eigenvalue weighted by Gasteiger charge is 2.19. The van der Waals surface area contributed by atoms with Gasteiger partial charge in [0.25, 0.3) is 0 Å². The first kappa shape index (κ1) is 21.1. The topological polar surface area (TPSA) is 71.3 Å². The molecule has 4 aromatic rings. The second kappa shape index (κ2) is 8.63. The van der Waals surface area contributed by atoms with Gasteiger partial charge in [-0.3, -0.25) is 4.40 Å². The number of benzene rings is 2. The molecule has 0 unspecified atom stereocenters. The molecule has 1 fully saturated rings. The average Bonchev–Trinajstić information content (AvgIpc) is 3.19. The van der Waals surface area contributed by atoms with E-state index in [1.165, 1.54) is 13.2 Å². The molecule has 1 aliphatic heterocycles. The quantitative estimate of drug-likeness (QED) is 0.459. The van der Waals surface area contributed by atoms with Gasteiger partial charge in [0, 0.05) is 36.2 Å². The Labute approximate surface area is 191 Å². The van der Waals surface area contributed by atoms with Crippen LogP contribution in [0.3, 0.4) is 0 Å². The molecule has 2 aromatic heterocycles. The van der Waals surface area contributed by atoms with E-state index >= 15 is 0 Å². The van der Waals surface area contributed by atoms with Gasteiger partial charge in [-0.1, -0.05) is 0 Å². The largest absolute Gasteiger partial charge is 0.502 e. The molecule has 0 radical (unpaired) electrons. The lowest BCUT2D eigenvalue weighted by molar-refractivity contribution is 0.122. The number of morpholine rings is 1. The van der Waals surface area contributed by atoms with Crippen molar-refractivity contribution in [3.8, 4) is 22.8 Å². The van der Waals surface area contributed by atoms with Gasteiger partial charge < -0.3 is 24.8 Å². The molecule has 0 amide bonds. The normalized spacial score (nSPS) is 14.0. The van der Waals surface area contributed by atoms with E-state index < -0.39 is 11.6 Å². The Kier molecular flexibility index (Phi) is 5.51. The minimum Gasteiger partial charge on any atom is -0.502 e. The Morgan fingerprint density at radius 2 is 1.85 bits per heavy atom. The molecule has 1 aliphatic rings. The van der Waals surface area contributed by atoms with Gasteiger partial charge in [0.05, 0.1) is 20.3 Å². The van der Waals surface area contributed by atoms with Crippen LogP contribution in [-0.4, -0.2) is 47.9 Å². The zero-order chi connectivity index (χ0) is 22.9. The lowest BCUT2D eigenvalue weighted by Gasteiger charge is -2.29. The smallest absolute Gasteiger partial charge is 0.194 e. The number of phenols is 1. The maximum absolute atomic E-state index is 14.4. The number of aromatic nitrogens is 2. The second-order valence-electron chi connectivity index (χ2n) is 8.02. The van der Waals surface area contributed by atoms with E-state index in [0.29, 0.717) is 17.1 Å².